The molecule has 1 aromatic carbocycles. The maximum atomic E-state index is 14.2. The summed E-state index contributed by atoms with van der Waals surface area (Å²) in [5, 5.41) is 41.5. The number of rotatable bonds is 6. The Hall–Kier alpha value is -3.18. The van der Waals surface area contributed by atoms with Gasteiger partial charge in [0.1, 0.15) is 12.2 Å². The first kappa shape index (κ1) is 24.0. The third-order valence-electron chi connectivity index (χ3n) is 7.42. The van der Waals surface area contributed by atoms with E-state index in [4.69, 9.17) is 0 Å². The van der Waals surface area contributed by atoms with Crippen molar-refractivity contribution in [3.63, 3.8) is 0 Å². The van der Waals surface area contributed by atoms with Crippen molar-refractivity contribution < 1.29 is 43.7 Å². The zero-order valence-electron chi connectivity index (χ0n) is 19.2. The van der Waals surface area contributed by atoms with Crippen molar-refractivity contribution in [1.29, 1.82) is 0 Å². The summed E-state index contributed by atoms with van der Waals surface area (Å²) in [5.41, 5.74) is 0.231. The molecule has 0 bridgehead atoms. The fourth-order valence-electron chi connectivity index (χ4n) is 5.70. The highest BCUT2D eigenvalue weighted by molar-refractivity contribution is 6.00. The lowest BCUT2D eigenvalue weighted by molar-refractivity contribution is -0.893. The second kappa shape index (κ2) is 8.24. The van der Waals surface area contributed by atoms with Gasteiger partial charge in [-0.1, -0.05) is 6.92 Å². The topological polar surface area (TPSA) is 147 Å². The smallest absolute Gasteiger partial charge is 0.352 e. The number of aliphatic hydroxyl groups excluding tert-OH is 1. The number of quaternary nitrogens is 1. The highest BCUT2D eigenvalue weighted by atomic mass is 19.1. The number of phenolic OH excluding ortho intramolecular Hbond substituents is 2. The van der Waals surface area contributed by atoms with E-state index in [1.54, 1.807) is 0 Å². The molecule has 3 heterocycles. The van der Waals surface area contributed by atoms with Crippen LogP contribution in [0.15, 0.2) is 23.4 Å². The minimum atomic E-state index is -1.20. The molecule has 34 heavy (non-hydrogen) atoms. The Morgan fingerprint density at radius 2 is 2.00 bits per heavy atom. The van der Waals surface area contributed by atoms with Gasteiger partial charge in [-0.15, -0.1) is 0 Å². The number of aromatic hydroxyl groups is 2. The number of benzene rings is 1. The molecule has 1 aromatic rings. The van der Waals surface area contributed by atoms with Gasteiger partial charge in [0.15, 0.2) is 17.3 Å². The van der Waals surface area contributed by atoms with Crippen LogP contribution in [0.4, 0.5) is 4.39 Å². The Morgan fingerprint density at radius 1 is 1.32 bits per heavy atom. The summed E-state index contributed by atoms with van der Waals surface area (Å²) in [7, 11) is 1.93. The number of halogens is 1. The first-order valence-electron chi connectivity index (χ1n) is 11.2. The molecule has 0 saturated carbocycles. The molecule has 4 rings (SSSR count). The van der Waals surface area contributed by atoms with E-state index in [1.165, 1.54) is 11.8 Å². The van der Waals surface area contributed by atoms with Gasteiger partial charge in [0.2, 0.25) is 5.91 Å². The number of hydrogen-bond acceptors (Lipinski definition) is 6. The van der Waals surface area contributed by atoms with Crippen molar-refractivity contribution in [2.45, 2.75) is 38.5 Å². The lowest BCUT2D eigenvalue weighted by atomic mass is 9.77. The fraction of sp³-hybridized carbons (Fsp3) is 0.522. The van der Waals surface area contributed by atoms with Crippen LogP contribution in [0, 0.1) is 17.7 Å². The normalized spacial score (nSPS) is 31.3. The molecule has 6 atom stereocenters. The largest absolute Gasteiger partial charge is 0.504 e. The second-order valence-corrected chi connectivity index (χ2v) is 9.87. The average Bonchev–Trinajstić information content (AvgIpc) is 3.22. The van der Waals surface area contributed by atoms with Crippen LogP contribution in [0.1, 0.15) is 30.6 Å². The third kappa shape index (κ3) is 3.68. The SMILES string of the molecule is C[C@@H](O)[C@H]1C(=O)N2C(C(=O)O)=C(C[N+]3(C)CC[C@@H](NC(=O)c4ccc(O)c(O)c4F)C3)[C@H](C)[C@H]12. The van der Waals surface area contributed by atoms with Gasteiger partial charge in [0, 0.05) is 17.9 Å². The maximum absolute atomic E-state index is 14.2. The Balaban J connectivity index is 1.49. The van der Waals surface area contributed by atoms with E-state index in [0.29, 0.717) is 36.1 Å². The van der Waals surface area contributed by atoms with E-state index in [9.17, 15) is 39.2 Å². The first-order chi connectivity index (χ1) is 15.9. The number of aliphatic hydroxyl groups is 1. The number of amides is 2. The molecule has 0 radical (unpaired) electrons. The summed E-state index contributed by atoms with van der Waals surface area (Å²) in [6.07, 6.45) is -0.304. The van der Waals surface area contributed by atoms with Gasteiger partial charge in [-0.3, -0.25) is 9.59 Å². The summed E-state index contributed by atoms with van der Waals surface area (Å²) in [5.74, 6) is -6.00. The van der Waals surface area contributed by atoms with Gasteiger partial charge in [-0.25, -0.2) is 9.18 Å². The molecule has 2 saturated heterocycles. The minimum absolute atomic E-state index is 0.0205. The number of β-lactam (4-membered cyclic amide) rings is 1. The Morgan fingerprint density at radius 3 is 2.62 bits per heavy atom. The number of carboxylic acids is 1. The van der Waals surface area contributed by atoms with Crippen molar-refractivity contribution in [3.05, 3.63) is 34.8 Å². The lowest BCUT2D eigenvalue weighted by Gasteiger charge is -2.46. The van der Waals surface area contributed by atoms with Crippen molar-refractivity contribution in [1.82, 2.24) is 10.2 Å². The Kier molecular flexibility index (Phi) is 5.81. The number of hydrogen-bond donors (Lipinski definition) is 5. The molecule has 1 unspecified atom stereocenters. The summed E-state index contributed by atoms with van der Waals surface area (Å²) in [6.45, 7) is 4.83. The summed E-state index contributed by atoms with van der Waals surface area (Å²) >= 11 is 0. The molecular weight excluding hydrogens is 449 g/mol. The molecular formula is C23H29FN3O7+. The standard InChI is InChI=1S/C23H28FN3O7/c1-10-14(19(23(33)34)26-18(10)16(11(2)28)22(26)32)9-27(3)7-6-12(8-27)25-21(31)13-4-5-15(29)20(30)17(13)24/h4-5,10-12,16,18,28H,6-9H2,1-3H3,(H3-,25,29,30,31,33,34)/p+1/t10-,11+,12+,16+,18+,27?/m0/s1. The molecule has 0 aliphatic carbocycles. The molecule has 2 fully saturated rings. The number of nitrogens with zero attached hydrogens (tertiary/aromatic N) is 2. The molecule has 10 nitrogen and oxygen atoms in total. The highest BCUT2D eigenvalue weighted by Gasteiger charge is 2.60. The van der Waals surface area contributed by atoms with Crippen LogP contribution in [0.2, 0.25) is 0 Å². The quantitative estimate of drug-likeness (QED) is 0.226. The molecule has 3 aliphatic rings. The van der Waals surface area contributed by atoms with Crippen LogP contribution < -0.4 is 5.32 Å². The zero-order chi connectivity index (χ0) is 25.1. The number of carbonyl (C=O) groups excluding carboxylic acids is 2. The molecule has 0 spiro atoms. The molecule has 5 N–H and O–H groups in total. The predicted octanol–water partition coefficient (Wildman–Crippen LogP) is 0.382. The van der Waals surface area contributed by atoms with Gasteiger partial charge in [-0.2, -0.15) is 0 Å². The van der Waals surface area contributed by atoms with Gasteiger partial charge in [-0.05, 0) is 19.1 Å². The second-order valence-electron chi connectivity index (χ2n) is 9.87. The number of aliphatic carboxylic acids is 1. The monoisotopic (exact) mass is 478 g/mol. The molecule has 184 valence electrons. The number of fused-ring (bicyclic) bond motifs is 1. The van der Waals surface area contributed by atoms with E-state index in [1.807, 2.05) is 14.0 Å². The number of phenols is 2. The van der Waals surface area contributed by atoms with Crippen LogP contribution in [-0.4, -0.2) is 92.5 Å². The van der Waals surface area contributed by atoms with Crippen LogP contribution in [0.25, 0.3) is 0 Å². The summed E-state index contributed by atoms with van der Waals surface area (Å²) < 4.78 is 14.6. The number of carboxylic acid groups (broad SMARTS) is 1. The van der Waals surface area contributed by atoms with Gasteiger partial charge in [0.25, 0.3) is 5.91 Å². The van der Waals surface area contributed by atoms with Crippen molar-refractivity contribution in [3.8, 4) is 11.5 Å². The number of likely N-dealkylation sites (N-methyl/N-ethyl adjacent to an activating group) is 1. The van der Waals surface area contributed by atoms with Crippen LogP contribution >= 0.6 is 0 Å². The number of likely N-dealkylation sites (tertiary alicyclic amines) is 1. The molecule has 11 heteroatoms. The van der Waals surface area contributed by atoms with Gasteiger partial charge >= 0.3 is 5.97 Å². The minimum Gasteiger partial charge on any atom is -0.504 e. The van der Waals surface area contributed by atoms with E-state index < -0.39 is 41.2 Å². The highest BCUT2D eigenvalue weighted by Crippen LogP contribution is 2.47. The van der Waals surface area contributed by atoms with E-state index in [2.05, 4.69) is 5.32 Å². The van der Waals surface area contributed by atoms with Crippen molar-refractivity contribution in [2.75, 3.05) is 26.7 Å². The van der Waals surface area contributed by atoms with Crippen molar-refractivity contribution >= 4 is 17.8 Å². The summed E-state index contributed by atoms with van der Waals surface area (Å²) in [4.78, 5) is 38.4. The fourth-order valence-corrected chi connectivity index (χ4v) is 5.70. The molecule has 0 aromatic heterocycles. The maximum Gasteiger partial charge on any atom is 0.352 e. The van der Waals surface area contributed by atoms with Gasteiger partial charge in [0.05, 0.1) is 49.8 Å². The summed E-state index contributed by atoms with van der Waals surface area (Å²) in [6, 6.07) is 1.42. The zero-order valence-corrected chi connectivity index (χ0v) is 19.2. The Bertz CT molecular complexity index is 1100. The predicted molar refractivity (Wildman–Crippen MR) is 116 cm³/mol. The molecule has 3 aliphatic heterocycles. The molecule has 2 amide bonds. The number of carbonyl (C=O) groups is 3. The lowest BCUT2D eigenvalue weighted by Crippen LogP contribution is -2.63. The van der Waals surface area contributed by atoms with E-state index in [0.717, 1.165) is 12.1 Å². The van der Waals surface area contributed by atoms with E-state index in [-0.39, 0.29) is 35.2 Å². The number of nitrogens with one attached hydrogen (secondary N) is 1. The van der Waals surface area contributed by atoms with Crippen LogP contribution in [0.5, 0.6) is 11.5 Å². The van der Waals surface area contributed by atoms with Crippen LogP contribution in [-0.2, 0) is 9.59 Å². The average molecular weight is 478 g/mol. The first-order valence-corrected chi connectivity index (χ1v) is 11.2. The van der Waals surface area contributed by atoms with Gasteiger partial charge < -0.3 is 35.1 Å². The van der Waals surface area contributed by atoms with Crippen LogP contribution in [0.3, 0.4) is 0 Å². The third-order valence-corrected chi connectivity index (χ3v) is 7.42. The Labute approximate surface area is 195 Å². The van der Waals surface area contributed by atoms with Crippen molar-refractivity contribution in [2.24, 2.45) is 11.8 Å². The van der Waals surface area contributed by atoms with E-state index >= 15 is 0 Å².